The number of rotatable bonds is 12. The minimum atomic E-state index is -0.736. The second kappa shape index (κ2) is 16.0. The number of nitro benzene ring substituents is 2. The molecule has 0 saturated heterocycles. The fraction of sp³-hybridized carbons (Fsp3) is 0.0541. The number of hydrogen-bond donors (Lipinski definition) is 3. The molecule has 0 aliphatic carbocycles. The molecule has 250 valence electrons. The Morgan fingerprint density at radius 3 is 2.04 bits per heavy atom. The Balaban J connectivity index is 1.37. The molecule has 5 aromatic rings. The number of aryl methyl sites for hydroxylation is 1. The first-order valence-electron chi connectivity index (χ1n) is 15.1. The minimum Gasteiger partial charge on any atom is -0.324 e. The molecular formula is C37H29N5O7S. The van der Waals surface area contributed by atoms with Gasteiger partial charge in [-0.1, -0.05) is 66.7 Å². The highest BCUT2D eigenvalue weighted by atomic mass is 32.2. The molecule has 1 atom stereocenters. The number of para-hydroxylation sites is 1. The van der Waals surface area contributed by atoms with E-state index in [9.17, 15) is 34.6 Å². The number of thioether (sulfide) groups is 1. The van der Waals surface area contributed by atoms with Gasteiger partial charge in [0.25, 0.3) is 23.2 Å². The quantitative estimate of drug-likeness (QED) is 0.0518. The molecule has 13 heteroatoms. The summed E-state index contributed by atoms with van der Waals surface area (Å²) in [6.45, 7) is 1.74. The highest BCUT2D eigenvalue weighted by Gasteiger charge is 2.24. The molecule has 0 radical (unpaired) electrons. The molecule has 0 bridgehead atoms. The Hall–Kier alpha value is -6.60. The molecule has 3 amide bonds. The van der Waals surface area contributed by atoms with Gasteiger partial charge in [-0.05, 0) is 66.6 Å². The first kappa shape index (κ1) is 34.7. The summed E-state index contributed by atoms with van der Waals surface area (Å²) in [5.41, 5.74) is 1.84. The lowest BCUT2D eigenvalue weighted by Crippen LogP contribution is -2.30. The molecular weight excluding hydrogens is 659 g/mol. The predicted octanol–water partition coefficient (Wildman–Crippen LogP) is 7.69. The van der Waals surface area contributed by atoms with Crippen LogP contribution in [0.4, 0.5) is 22.7 Å². The first-order valence-corrected chi connectivity index (χ1v) is 16.0. The number of amides is 3. The van der Waals surface area contributed by atoms with Crippen LogP contribution in [0.1, 0.15) is 32.3 Å². The standard InChI is InChI=1S/C37H29N5O7S/c1-24-16-19-29(41(46)47)23-31(24)39-37(45)34(25-10-4-2-5-11-25)50-30-20-17-28(18-21-30)38-36(44)32(40-35(43)26-12-6-3-7-13-26)22-27-14-8-9-15-33(27)42(48)49/h2-23,34H,1H3,(H,38,44)(H,39,45)(H,40,43)/b32-22-. The van der Waals surface area contributed by atoms with E-state index in [1.807, 2.05) is 6.07 Å². The smallest absolute Gasteiger partial charge is 0.276 e. The molecule has 5 rings (SSSR count). The van der Waals surface area contributed by atoms with Gasteiger partial charge in [0.1, 0.15) is 10.9 Å². The number of nitrogens with one attached hydrogen (secondary N) is 3. The molecule has 0 fully saturated rings. The van der Waals surface area contributed by atoms with Gasteiger partial charge in [0.2, 0.25) is 5.91 Å². The van der Waals surface area contributed by atoms with E-state index in [1.165, 1.54) is 48.2 Å². The van der Waals surface area contributed by atoms with Crippen LogP contribution >= 0.6 is 11.8 Å². The number of nitro groups is 2. The third kappa shape index (κ3) is 8.85. The Morgan fingerprint density at radius 1 is 0.740 bits per heavy atom. The SMILES string of the molecule is Cc1ccc([N+](=O)[O-])cc1NC(=O)C(Sc1ccc(NC(=O)/C(=C/c2ccccc2[N+](=O)[O-])NC(=O)c2ccccc2)cc1)c1ccccc1. The van der Waals surface area contributed by atoms with Gasteiger partial charge in [-0.15, -0.1) is 11.8 Å². The van der Waals surface area contributed by atoms with Gasteiger partial charge in [0.05, 0.1) is 21.1 Å². The van der Waals surface area contributed by atoms with Crippen LogP contribution < -0.4 is 16.0 Å². The van der Waals surface area contributed by atoms with Crippen molar-refractivity contribution < 1.29 is 24.2 Å². The van der Waals surface area contributed by atoms with Crippen LogP contribution in [0.15, 0.2) is 138 Å². The third-order valence-electron chi connectivity index (χ3n) is 7.36. The topological polar surface area (TPSA) is 174 Å². The fourth-order valence-electron chi connectivity index (χ4n) is 4.78. The van der Waals surface area contributed by atoms with E-state index in [2.05, 4.69) is 16.0 Å². The fourth-order valence-corrected chi connectivity index (χ4v) is 5.81. The lowest BCUT2D eigenvalue weighted by molar-refractivity contribution is -0.385. The summed E-state index contributed by atoms with van der Waals surface area (Å²) in [4.78, 5) is 62.6. The summed E-state index contributed by atoms with van der Waals surface area (Å²) in [6, 6.07) is 34.0. The van der Waals surface area contributed by atoms with Crippen LogP contribution in [0.2, 0.25) is 0 Å². The Bertz CT molecular complexity index is 2090. The summed E-state index contributed by atoms with van der Waals surface area (Å²) < 4.78 is 0. The van der Waals surface area contributed by atoms with Gasteiger partial charge in [-0.25, -0.2) is 0 Å². The zero-order valence-corrected chi connectivity index (χ0v) is 27.3. The highest BCUT2D eigenvalue weighted by molar-refractivity contribution is 8.00. The van der Waals surface area contributed by atoms with E-state index in [4.69, 9.17) is 0 Å². The maximum atomic E-state index is 13.6. The Labute approximate surface area is 290 Å². The molecule has 0 aliphatic heterocycles. The first-order chi connectivity index (χ1) is 24.1. The maximum Gasteiger partial charge on any atom is 0.276 e. The minimum absolute atomic E-state index is 0.119. The molecule has 12 nitrogen and oxygen atoms in total. The van der Waals surface area contributed by atoms with Crippen LogP contribution in [-0.4, -0.2) is 27.6 Å². The van der Waals surface area contributed by atoms with E-state index in [0.717, 1.165) is 0 Å². The number of nitrogens with zero attached hydrogens (tertiary/aromatic N) is 2. The number of benzene rings is 5. The zero-order chi connectivity index (χ0) is 35.6. The van der Waals surface area contributed by atoms with Gasteiger partial charge in [-0.2, -0.15) is 0 Å². The number of carbonyl (C=O) groups is 3. The van der Waals surface area contributed by atoms with Crippen molar-refractivity contribution in [1.82, 2.24) is 5.32 Å². The van der Waals surface area contributed by atoms with Crippen molar-refractivity contribution in [2.45, 2.75) is 17.1 Å². The van der Waals surface area contributed by atoms with Crippen molar-refractivity contribution >= 4 is 58.3 Å². The molecule has 3 N–H and O–H groups in total. The van der Waals surface area contributed by atoms with Crippen LogP contribution in [0, 0.1) is 27.2 Å². The van der Waals surface area contributed by atoms with E-state index < -0.39 is 26.9 Å². The average Bonchev–Trinajstić information content (AvgIpc) is 3.12. The van der Waals surface area contributed by atoms with Gasteiger partial charge in [0.15, 0.2) is 0 Å². The highest BCUT2D eigenvalue weighted by Crippen LogP contribution is 2.37. The van der Waals surface area contributed by atoms with Crippen LogP contribution in [0.5, 0.6) is 0 Å². The number of hydrogen-bond acceptors (Lipinski definition) is 8. The zero-order valence-electron chi connectivity index (χ0n) is 26.4. The monoisotopic (exact) mass is 687 g/mol. The largest absolute Gasteiger partial charge is 0.324 e. The average molecular weight is 688 g/mol. The van der Waals surface area contributed by atoms with Crippen molar-refractivity contribution in [2.24, 2.45) is 0 Å². The van der Waals surface area contributed by atoms with Crippen molar-refractivity contribution in [2.75, 3.05) is 10.6 Å². The second-order valence-electron chi connectivity index (χ2n) is 10.8. The summed E-state index contributed by atoms with van der Waals surface area (Å²) >= 11 is 1.24. The molecule has 1 unspecified atom stereocenters. The summed E-state index contributed by atoms with van der Waals surface area (Å²) in [7, 11) is 0. The molecule has 0 aliphatic rings. The van der Waals surface area contributed by atoms with E-state index in [1.54, 1.807) is 97.9 Å². The van der Waals surface area contributed by atoms with Gasteiger partial charge in [-0.3, -0.25) is 34.6 Å². The molecule has 0 spiro atoms. The lowest BCUT2D eigenvalue weighted by atomic mass is 10.1. The second-order valence-corrected chi connectivity index (χ2v) is 12.0. The van der Waals surface area contributed by atoms with Crippen LogP contribution in [0.25, 0.3) is 6.08 Å². The lowest BCUT2D eigenvalue weighted by Gasteiger charge is -2.18. The van der Waals surface area contributed by atoms with Crippen molar-refractivity contribution in [1.29, 1.82) is 0 Å². The van der Waals surface area contributed by atoms with Crippen LogP contribution in [0.3, 0.4) is 0 Å². The van der Waals surface area contributed by atoms with Gasteiger partial charge < -0.3 is 16.0 Å². The van der Waals surface area contributed by atoms with E-state index in [0.29, 0.717) is 27.4 Å². The normalized spacial score (nSPS) is 11.6. The molecule has 5 aromatic carbocycles. The van der Waals surface area contributed by atoms with Crippen LogP contribution in [-0.2, 0) is 9.59 Å². The van der Waals surface area contributed by atoms with Crippen molar-refractivity contribution in [3.63, 3.8) is 0 Å². The molecule has 0 saturated carbocycles. The number of non-ortho nitro benzene ring substituents is 1. The van der Waals surface area contributed by atoms with Crippen molar-refractivity contribution in [3.8, 4) is 0 Å². The summed E-state index contributed by atoms with van der Waals surface area (Å²) in [6.07, 6.45) is 1.24. The number of carbonyl (C=O) groups excluding carboxylic acids is 3. The summed E-state index contributed by atoms with van der Waals surface area (Å²) in [5.74, 6) is -1.69. The van der Waals surface area contributed by atoms with Crippen molar-refractivity contribution in [3.05, 3.63) is 176 Å². The maximum absolute atomic E-state index is 13.6. The van der Waals surface area contributed by atoms with Gasteiger partial charge >= 0.3 is 0 Å². The summed E-state index contributed by atoms with van der Waals surface area (Å²) in [5, 5.41) is 30.3. The molecule has 0 aromatic heterocycles. The molecule has 0 heterocycles. The van der Waals surface area contributed by atoms with E-state index in [-0.39, 0.29) is 34.1 Å². The van der Waals surface area contributed by atoms with Gasteiger partial charge in [0, 0.05) is 34.3 Å². The Morgan fingerprint density at radius 2 is 1.38 bits per heavy atom. The molecule has 50 heavy (non-hydrogen) atoms. The predicted molar refractivity (Wildman–Crippen MR) is 192 cm³/mol. The Kier molecular flexibility index (Phi) is 11.1. The number of anilines is 2. The van der Waals surface area contributed by atoms with E-state index >= 15 is 0 Å². The third-order valence-corrected chi connectivity index (χ3v) is 8.62.